The van der Waals surface area contributed by atoms with Gasteiger partial charge in [-0.05, 0) is 54.5 Å². The Morgan fingerprint density at radius 3 is 2.79 bits per heavy atom. The number of carbonyl (C=O) groups is 2. The van der Waals surface area contributed by atoms with Crippen molar-refractivity contribution < 1.29 is 14.0 Å². The number of amides is 2. The van der Waals surface area contributed by atoms with Crippen LogP contribution in [0.1, 0.15) is 17.2 Å². The third-order valence-corrected chi connectivity index (χ3v) is 6.78. The van der Waals surface area contributed by atoms with Crippen LogP contribution in [0.2, 0.25) is 0 Å². The Bertz CT molecular complexity index is 814. The van der Waals surface area contributed by atoms with E-state index in [2.05, 4.69) is 20.9 Å². The van der Waals surface area contributed by atoms with Crippen LogP contribution in [0.15, 0.2) is 41.1 Å². The molecule has 1 aromatic heterocycles. The Morgan fingerprint density at radius 2 is 2.14 bits per heavy atom. The highest BCUT2D eigenvalue weighted by Crippen LogP contribution is 2.24. The third-order valence-electron chi connectivity index (χ3n) is 4.77. The lowest BCUT2D eigenvalue weighted by atomic mass is 10.1. The van der Waals surface area contributed by atoms with Crippen molar-refractivity contribution in [3.8, 4) is 0 Å². The molecule has 2 heterocycles. The number of thiophene rings is 1. The van der Waals surface area contributed by atoms with Crippen molar-refractivity contribution in [2.24, 2.45) is 0 Å². The van der Waals surface area contributed by atoms with Crippen molar-refractivity contribution in [3.63, 3.8) is 0 Å². The molecule has 0 spiro atoms. The SMILES string of the molecule is CN(C)[C@H](CNC(=O)[C@H]1CS[C@@H](Cc2ccccc2F)C(=O)N1)c1ccsc1. The highest BCUT2D eigenvalue weighted by atomic mass is 32.2. The molecule has 28 heavy (non-hydrogen) atoms. The van der Waals surface area contributed by atoms with Gasteiger partial charge in [-0.15, -0.1) is 11.8 Å². The van der Waals surface area contributed by atoms with Crippen LogP contribution in [0.5, 0.6) is 0 Å². The molecule has 0 saturated carbocycles. The minimum Gasteiger partial charge on any atom is -0.352 e. The number of hydrogen-bond donors (Lipinski definition) is 2. The van der Waals surface area contributed by atoms with Crippen molar-refractivity contribution in [1.29, 1.82) is 0 Å². The van der Waals surface area contributed by atoms with Crippen LogP contribution in [0.4, 0.5) is 4.39 Å². The van der Waals surface area contributed by atoms with Gasteiger partial charge in [-0.1, -0.05) is 18.2 Å². The fraction of sp³-hybridized carbons (Fsp3) is 0.400. The lowest BCUT2D eigenvalue weighted by Gasteiger charge is -2.29. The Balaban J connectivity index is 1.52. The van der Waals surface area contributed by atoms with Gasteiger partial charge in [0.05, 0.1) is 11.3 Å². The van der Waals surface area contributed by atoms with Crippen LogP contribution < -0.4 is 10.6 Å². The van der Waals surface area contributed by atoms with E-state index in [-0.39, 0.29) is 28.9 Å². The summed E-state index contributed by atoms with van der Waals surface area (Å²) in [5.41, 5.74) is 1.67. The first-order valence-corrected chi connectivity index (χ1v) is 11.1. The molecule has 1 fully saturated rings. The molecular formula is C20H24FN3O2S2. The summed E-state index contributed by atoms with van der Waals surface area (Å²) in [6.07, 6.45) is 0.318. The first kappa shape index (κ1) is 20.8. The van der Waals surface area contributed by atoms with Gasteiger partial charge in [-0.3, -0.25) is 9.59 Å². The molecular weight excluding hydrogens is 397 g/mol. The van der Waals surface area contributed by atoms with E-state index in [1.54, 1.807) is 29.5 Å². The zero-order valence-corrected chi connectivity index (χ0v) is 17.5. The number of nitrogens with one attached hydrogen (secondary N) is 2. The normalized spacial score (nSPS) is 20.6. The maximum absolute atomic E-state index is 13.8. The summed E-state index contributed by atoms with van der Waals surface area (Å²) in [4.78, 5) is 27.0. The standard InChI is InChI=1S/C20H24FN3O2S2/c1-24(2)17(14-7-8-27-11-14)10-22-19(25)16-12-28-18(20(26)23-16)9-13-5-3-4-6-15(13)21/h3-8,11,16-18H,9-10,12H2,1-2H3,(H,22,25)(H,23,26)/t16-,17-,18+/m1/s1. The van der Waals surface area contributed by atoms with Crippen LogP contribution >= 0.6 is 23.1 Å². The second kappa shape index (κ2) is 9.54. The fourth-order valence-corrected chi connectivity index (χ4v) is 5.02. The van der Waals surface area contributed by atoms with Crippen molar-refractivity contribution in [2.75, 3.05) is 26.4 Å². The molecule has 0 aliphatic carbocycles. The molecule has 2 aromatic rings. The highest BCUT2D eigenvalue weighted by Gasteiger charge is 2.33. The molecule has 0 radical (unpaired) electrons. The molecule has 0 bridgehead atoms. The number of nitrogens with zero attached hydrogens (tertiary/aromatic N) is 1. The van der Waals surface area contributed by atoms with Crippen molar-refractivity contribution in [3.05, 3.63) is 58.0 Å². The molecule has 2 amide bonds. The molecule has 1 aromatic carbocycles. The minimum absolute atomic E-state index is 0.0796. The lowest BCUT2D eigenvalue weighted by Crippen LogP contribution is -2.55. The third kappa shape index (κ3) is 5.12. The summed E-state index contributed by atoms with van der Waals surface area (Å²) >= 11 is 3.02. The van der Waals surface area contributed by atoms with E-state index in [1.165, 1.54) is 17.8 Å². The van der Waals surface area contributed by atoms with Gasteiger partial charge >= 0.3 is 0 Å². The van der Waals surface area contributed by atoms with Crippen molar-refractivity contribution in [1.82, 2.24) is 15.5 Å². The van der Waals surface area contributed by atoms with Crippen LogP contribution in [0.25, 0.3) is 0 Å². The van der Waals surface area contributed by atoms with Gasteiger partial charge in [-0.2, -0.15) is 11.3 Å². The Labute approximate surface area is 172 Å². The number of hydrogen-bond acceptors (Lipinski definition) is 5. The number of benzene rings is 1. The molecule has 1 saturated heterocycles. The van der Waals surface area contributed by atoms with E-state index in [4.69, 9.17) is 0 Å². The van der Waals surface area contributed by atoms with E-state index < -0.39 is 6.04 Å². The number of rotatable bonds is 7. The maximum atomic E-state index is 13.8. The largest absolute Gasteiger partial charge is 0.352 e. The topological polar surface area (TPSA) is 61.4 Å². The summed E-state index contributed by atoms with van der Waals surface area (Å²) in [6.45, 7) is 0.470. The van der Waals surface area contributed by atoms with Gasteiger partial charge in [0.25, 0.3) is 0 Å². The summed E-state index contributed by atoms with van der Waals surface area (Å²) in [5.74, 6) is -0.241. The van der Waals surface area contributed by atoms with Crippen molar-refractivity contribution in [2.45, 2.75) is 23.8 Å². The van der Waals surface area contributed by atoms with Gasteiger partial charge in [0, 0.05) is 12.3 Å². The summed E-state index contributed by atoms with van der Waals surface area (Å²) in [5, 5.41) is 9.44. The Morgan fingerprint density at radius 1 is 1.36 bits per heavy atom. The molecule has 1 aliphatic rings. The predicted molar refractivity (Wildman–Crippen MR) is 112 cm³/mol. The summed E-state index contributed by atoms with van der Waals surface area (Å²) < 4.78 is 13.8. The Hall–Kier alpha value is -1.90. The van der Waals surface area contributed by atoms with E-state index in [0.717, 1.165) is 5.56 Å². The van der Waals surface area contributed by atoms with Gasteiger partial charge in [0.15, 0.2) is 0 Å². The molecule has 1 aliphatic heterocycles. The highest BCUT2D eigenvalue weighted by molar-refractivity contribution is 8.00. The predicted octanol–water partition coefficient (Wildman–Crippen LogP) is 2.45. The van der Waals surface area contributed by atoms with E-state index in [0.29, 0.717) is 24.3 Å². The number of carbonyl (C=O) groups excluding carboxylic acids is 2. The van der Waals surface area contributed by atoms with Gasteiger partial charge in [-0.25, -0.2) is 4.39 Å². The van der Waals surface area contributed by atoms with Gasteiger partial charge in [0.1, 0.15) is 11.9 Å². The number of halogens is 1. The second-order valence-electron chi connectivity index (χ2n) is 6.96. The quantitative estimate of drug-likeness (QED) is 0.721. The first-order valence-electron chi connectivity index (χ1n) is 9.07. The zero-order chi connectivity index (χ0) is 20.1. The van der Waals surface area contributed by atoms with E-state index >= 15 is 0 Å². The maximum Gasteiger partial charge on any atom is 0.243 e. The molecule has 3 rings (SSSR count). The minimum atomic E-state index is -0.570. The van der Waals surface area contributed by atoms with Crippen LogP contribution in [0.3, 0.4) is 0 Å². The van der Waals surface area contributed by atoms with E-state index in [1.807, 2.05) is 25.5 Å². The summed E-state index contributed by atoms with van der Waals surface area (Å²) in [6, 6.07) is 8.03. The van der Waals surface area contributed by atoms with Gasteiger partial charge in [0.2, 0.25) is 11.8 Å². The molecule has 8 heteroatoms. The van der Waals surface area contributed by atoms with E-state index in [9.17, 15) is 14.0 Å². The fourth-order valence-electron chi connectivity index (χ4n) is 3.13. The molecule has 0 unspecified atom stereocenters. The van der Waals surface area contributed by atoms with Crippen LogP contribution in [-0.4, -0.2) is 54.4 Å². The van der Waals surface area contributed by atoms with Gasteiger partial charge < -0.3 is 15.5 Å². The van der Waals surface area contributed by atoms with Crippen LogP contribution in [-0.2, 0) is 16.0 Å². The lowest BCUT2D eigenvalue weighted by molar-refractivity contribution is -0.128. The Kier molecular flexibility index (Phi) is 7.09. The number of likely N-dealkylation sites (N-methyl/N-ethyl adjacent to an activating group) is 1. The molecule has 2 N–H and O–H groups in total. The van der Waals surface area contributed by atoms with Crippen LogP contribution in [0, 0.1) is 5.82 Å². The average molecular weight is 422 g/mol. The monoisotopic (exact) mass is 421 g/mol. The van der Waals surface area contributed by atoms with Crippen molar-refractivity contribution >= 4 is 34.9 Å². The zero-order valence-electron chi connectivity index (χ0n) is 15.9. The first-order chi connectivity index (χ1) is 13.5. The number of thioether (sulfide) groups is 1. The average Bonchev–Trinajstić information content (AvgIpc) is 3.19. The second-order valence-corrected chi connectivity index (χ2v) is 8.98. The molecule has 5 nitrogen and oxygen atoms in total. The molecule has 3 atom stereocenters. The summed E-state index contributed by atoms with van der Waals surface area (Å²) in [7, 11) is 3.94. The smallest absolute Gasteiger partial charge is 0.243 e. The molecule has 150 valence electrons.